The van der Waals surface area contributed by atoms with Gasteiger partial charge in [0.2, 0.25) is 5.91 Å². The molecule has 5 nitrogen and oxygen atoms in total. The number of nitrogens with two attached hydrogens (primary N) is 1. The zero-order chi connectivity index (χ0) is 13.9. The van der Waals surface area contributed by atoms with Crippen LogP contribution in [0.4, 0.5) is 0 Å². The molecule has 0 aromatic carbocycles. The summed E-state index contributed by atoms with van der Waals surface area (Å²) in [6.45, 7) is 10.7. The number of hydrogen-bond acceptors (Lipinski definition) is 4. The predicted molar refractivity (Wildman–Crippen MR) is 72.1 cm³/mol. The van der Waals surface area contributed by atoms with Gasteiger partial charge in [0.1, 0.15) is 0 Å². The van der Waals surface area contributed by atoms with Crippen molar-refractivity contribution in [3.05, 3.63) is 0 Å². The third-order valence-corrected chi connectivity index (χ3v) is 3.58. The summed E-state index contributed by atoms with van der Waals surface area (Å²) in [7, 11) is 0. The lowest BCUT2D eigenvalue weighted by Gasteiger charge is -2.41. The Bertz CT molecular complexity index is 281. The van der Waals surface area contributed by atoms with Crippen LogP contribution in [0.2, 0.25) is 0 Å². The number of piperazine rings is 1. The third kappa shape index (κ3) is 3.93. The van der Waals surface area contributed by atoms with Crippen molar-refractivity contribution in [2.24, 2.45) is 11.7 Å². The minimum absolute atomic E-state index is 0.0496. The number of aliphatic hydroxyl groups is 1. The first-order chi connectivity index (χ1) is 8.32. The van der Waals surface area contributed by atoms with Gasteiger partial charge in [0.05, 0.1) is 12.1 Å². The van der Waals surface area contributed by atoms with E-state index in [0.717, 1.165) is 6.54 Å². The monoisotopic (exact) mass is 257 g/mol. The van der Waals surface area contributed by atoms with E-state index in [2.05, 4.69) is 11.8 Å². The molecule has 3 atom stereocenters. The first-order valence-corrected chi connectivity index (χ1v) is 6.79. The number of nitrogens with zero attached hydrogens (tertiary/aromatic N) is 2. The lowest BCUT2D eigenvalue weighted by atomic mass is 10.0. The minimum Gasteiger partial charge on any atom is -0.392 e. The molecule has 1 fully saturated rings. The molecule has 1 aliphatic rings. The fourth-order valence-electron chi connectivity index (χ4n) is 2.30. The lowest BCUT2D eigenvalue weighted by Crippen LogP contribution is -2.58. The number of carbonyl (C=O) groups excluding carboxylic acids is 1. The highest BCUT2D eigenvalue weighted by Gasteiger charge is 2.30. The Labute approximate surface area is 110 Å². The van der Waals surface area contributed by atoms with Gasteiger partial charge in [0, 0.05) is 32.2 Å². The van der Waals surface area contributed by atoms with Gasteiger partial charge in [-0.1, -0.05) is 13.8 Å². The number of rotatable bonds is 4. The van der Waals surface area contributed by atoms with Gasteiger partial charge in [-0.3, -0.25) is 9.69 Å². The summed E-state index contributed by atoms with van der Waals surface area (Å²) < 4.78 is 0. The number of aliphatic hydroxyl groups excluding tert-OH is 1. The van der Waals surface area contributed by atoms with Crippen molar-refractivity contribution < 1.29 is 9.90 Å². The predicted octanol–water partition coefficient (Wildman–Crippen LogP) is -0.117. The molecule has 5 heteroatoms. The van der Waals surface area contributed by atoms with E-state index in [4.69, 9.17) is 5.73 Å². The van der Waals surface area contributed by atoms with Crippen molar-refractivity contribution in [3.63, 3.8) is 0 Å². The van der Waals surface area contributed by atoms with E-state index >= 15 is 0 Å². The number of amides is 1. The molecule has 1 rings (SSSR count). The zero-order valence-corrected chi connectivity index (χ0v) is 12.0. The number of carbonyl (C=O) groups is 1. The molecular weight excluding hydrogens is 230 g/mol. The SMILES string of the molecule is CC(O)CN1CCN(C(=O)[C@@H](N)C(C)C)CC1C. The van der Waals surface area contributed by atoms with Crippen LogP contribution >= 0.6 is 0 Å². The molecule has 0 spiro atoms. The molecule has 18 heavy (non-hydrogen) atoms. The standard InChI is InChI=1S/C13H27N3O2/c1-9(2)12(14)13(18)16-6-5-15(8-11(4)17)10(3)7-16/h9-12,17H,5-8,14H2,1-4H3/t10?,11?,12-/m0/s1. The number of hydrogen-bond donors (Lipinski definition) is 2. The highest BCUT2D eigenvalue weighted by Crippen LogP contribution is 2.12. The minimum atomic E-state index is -0.402. The van der Waals surface area contributed by atoms with Crippen molar-refractivity contribution in [2.45, 2.75) is 45.9 Å². The first kappa shape index (κ1) is 15.4. The average molecular weight is 257 g/mol. The van der Waals surface area contributed by atoms with E-state index in [9.17, 15) is 9.90 Å². The summed E-state index contributed by atoms with van der Waals surface area (Å²) >= 11 is 0. The molecule has 106 valence electrons. The van der Waals surface area contributed by atoms with Gasteiger partial charge < -0.3 is 15.7 Å². The highest BCUT2D eigenvalue weighted by molar-refractivity contribution is 5.82. The van der Waals surface area contributed by atoms with E-state index in [1.165, 1.54) is 0 Å². The Hall–Kier alpha value is -0.650. The quantitative estimate of drug-likeness (QED) is 0.737. The molecule has 3 N–H and O–H groups in total. The zero-order valence-electron chi connectivity index (χ0n) is 12.0. The molecule has 0 saturated carbocycles. The molecule has 1 heterocycles. The van der Waals surface area contributed by atoms with Crippen molar-refractivity contribution in [1.82, 2.24) is 9.80 Å². The van der Waals surface area contributed by atoms with E-state index < -0.39 is 6.04 Å². The second kappa shape index (κ2) is 6.50. The smallest absolute Gasteiger partial charge is 0.239 e. The van der Waals surface area contributed by atoms with Gasteiger partial charge in [0.25, 0.3) is 0 Å². The third-order valence-electron chi connectivity index (χ3n) is 3.58. The first-order valence-electron chi connectivity index (χ1n) is 6.79. The molecular formula is C13H27N3O2. The molecule has 0 bridgehead atoms. The second-order valence-electron chi connectivity index (χ2n) is 5.75. The highest BCUT2D eigenvalue weighted by atomic mass is 16.3. The summed E-state index contributed by atoms with van der Waals surface area (Å²) in [6, 6.07) is -0.128. The molecule has 0 aliphatic carbocycles. The molecule has 1 saturated heterocycles. The second-order valence-corrected chi connectivity index (χ2v) is 5.75. The topological polar surface area (TPSA) is 69.8 Å². The maximum absolute atomic E-state index is 12.1. The van der Waals surface area contributed by atoms with E-state index in [1.54, 1.807) is 6.92 Å². The van der Waals surface area contributed by atoms with Crippen LogP contribution in [-0.2, 0) is 4.79 Å². The normalized spacial score (nSPS) is 25.3. The van der Waals surface area contributed by atoms with Gasteiger partial charge in [-0.25, -0.2) is 0 Å². The maximum atomic E-state index is 12.1. The van der Waals surface area contributed by atoms with Gasteiger partial charge in [0.15, 0.2) is 0 Å². The van der Waals surface area contributed by atoms with E-state index in [0.29, 0.717) is 19.6 Å². The average Bonchev–Trinajstić information content (AvgIpc) is 2.29. The van der Waals surface area contributed by atoms with Crippen molar-refractivity contribution in [2.75, 3.05) is 26.2 Å². The van der Waals surface area contributed by atoms with Crippen molar-refractivity contribution >= 4 is 5.91 Å². The Morgan fingerprint density at radius 3 is 2.44 bits per heavy atom. The summed E-state index contributed by atoms with van der Waals surface area (Å²) in [6.07, 6.45) is -0.326. The Morgan fingerprint density at radius 1 is 1.39 bits per heavy atom. The Kier molecular flexibility index (Phi) is 5.56. The van der Waals surface area contributed by atoms with Gasteiger partial charge >= 0.3 is 0 Å². The van der Waals surface area contributed by atoms with Crippen LogP contribution in [0.3, 0.4) is 0 Å². The van der Waals surface area contributed by atoms with Crippen LogP contribution in [0.1, 0.15) is 27.7 Å². The van der Waals surface area contributed by atoms with Crippen molar-refractivity contribution in [3.8, 4) is 0 Å². The summed E-state index contributed by atoms with van der Waals surface area (Å²) in [4.78, 5) is 16.2. The van der Waals surface area contributed by atoms with Gasteiger partial charge in [-0.05, 0) is 19.8 Å². The summed E-state index contributed by atoms with van der Waals surface area (Å²) in [5, 5.41) is 9.42. The van der Waals surface area contributed by atoms with Crippen LogP contribution in [0, 0.1) is 5.92 Å². The fraction of sp³-hybridized carbons (Fsp3) is 0.923. The fourth-order valence-corrected chi connectivity index (χ4v) is 2.30. The largest absolute Gasteiger partial charge is 0.392 e. The van der Waals surface area contributed by atoms with E-state index in [1.807, 2.05) is 18.7 Å². The summed E-state index contributed by atoms with van der Waals surface area (Å²) in [5.74, 6) is 0.219. The number of β-amino-alcohol motifs (C(OH)–C–C–N with tert-alkyl or cyclic N) is 1. The maximum Gasteiger partial charge on any atom is 0.239 e. The summed E-state index contributed by atoms with van der Waals surface area (Å²) in [5.41, 5.74) is 5.91. The van der Waals surface area contributed by atoms with Crippen LogP contribution in [0.5, 0.6) is 0 Å². The molecule has 1 amide bonds. The molecule has 0 radical (unpaired) electrons. The Balaban J connectivity index is 2.52. The van der Waals surface area contributed by atoms with Crippen LogP contribution in [0.15, 0.2) is 0 Å². The molecule has 1 aliphatic heterocycles. The molecule has 2 unspecified atom stereocenters. The molecule has 0 aromatic rings. The van der Waals surface area contributed by atoms with Gasteiger partial charge in [-0.2, -0.15) is 0 Å². The van der Waals surface area contributed by atoms with E-state index in [-0.39, 0.29) is 24.0 Å². The Morgan fingerprint density at radius 2 is 2.00 bits per heavy atom. The van der Waals surface area contributed by atoms with Crippen LogP contribution in [-0.4, -0.2) is 65.2 Å². The van der Waals surface area contributed by atoms with Crippen molar-refractivity contribution in [1.29, 1.82) is 0 Å². The lowest BCUT2D eigenvalue weighted by molar-refractivity contribution is -0.136. The van der Waals surface area contributed by atoms with Crippen LogP contribution in [0.25, 0.3) is 0 Å². The van der Waals surface area contributed by atoms with Gasteiger partial charge in [-0.15, -0.1) is 0 Å². The molecule has 0 aromatic heterocycles. The van der Waals surface area contributed by atoms with Crippen LogP contribution < -0.4 is 5.73 Å².